The van der Waals surface area contributed by atoms with Gasteiger partial charge in [-0.05, 0) is 43.4 Å². The quantitative estimate of drug-likeness (QED) is 0.812. The maximum Gasteiger partial charge on any atom is 0.242 e. The van der Waals surface area contributed by atoms with E-state index in [4.69, 9.17) is 0 Å². The number of hydrogen-bond donors (Lipinski definition) is 1. The number of sulfonamides is 1. The Hall–Kier alpha value is -1.66. The average molecular weight is 336 g/mol. The van der Waals surface area contributed by atoms with Crippen LogP contribution in [0.15, 0.2) is 41.3 Å². The van der Waals surface area contributed by atoms with Crippen molar-refractivity contribution in [3.8, 4) is 0 Å². The molecule has 1 aromatic carbocycles. The molecule has 126 valence electrons. The van der Waals surface area contributed by atoms with Crippen LogP contribution in [-0.2, 0) is 14.8 Å². The molecule has 0 saturated carbocycles. The number of nitrogens with one attached hydrogen (secondary N) is 1. The van der Waals surface area contributed by atoms with Crippen LogP contribution in [0.1, 0.15) is 37.8 Å². The number of benzene rings is 1. The number of hydrogen-bond acceptors (Lipinski definition) is 3. The van der Waals surface area contributed by atoms with Gasteiger partial charge in [-0.2, -0.15) is 0 Å². The third-order valence-electron chi connectivity index (χ3n) is 4.10. The maximum absolute atomic E-state index is 12.1. The summed E-state index contributed by atoms with van der Waals surface area (Å²) in [4.78, 5) is 12.3. The third-order valence-corrected chi connectivity index (χ3v) is 5.93. The van der Waals surface area contributed by atoms with Crippen molar-refractivity contribution in [2.75, 3.05) is 14.1 Å². The van der Waals surface area contributed by atoms with Gasteiger partial charge in [0.1, 0.15) is 0 Å². The number of allylic oxidation sites excluding steroid dienone is 2. The Morgan fingerprint density at radius 2 is 1.96 bits per heavy atom. The second kappa shape index (κ2) is 7.27. The van der Waals surface area contributed by atoms with Crippen molar-refractivity contribution in [3.05, 3.63) is 42.0 Å². The Morgan fingerprint density at radius 3 is 2.48 bits per heavy atom. The second-order valence-corrected chi connectivity index (χ2v) is 8.27. The Balaban J connectivity index is 1.98. The zero-order valence-electron chi connectivity index (χ0n) is 13.8. The molecule has 1 aliphatic carbocycles. The van der Waals surface area contributed by atoms with Crippen LogP contribution in [0.4, 0.5) is 0 Å². The predicted octanol–water partition coefficient (Wildman–Crippen LogP) is 2.47. The van der Waals surface area contributed by atoms with Gasteiger partial charge < -0.3 is 5.32 Å². The average Bonchev–Trinajstić information content (AvgIpc) is 2.99. The van der Waals surface area contributed by atoms with E-state index in [2.05, 4.69) is 17.5 Å². The van der Waals surface area contributed by atoms with Gasteiger partial charge in [0.15, 0.2) is 0 Å². The van der Waals surface area contributed by atoms with Crippen LogP contribution < -0.4 is 5.32 Å². The first kappa shape index (κ1) is 17.7. The molecule has 0 saturated heterocycles. The zero-order valence-corrected chi connectivity index (χ0v) is 14.6. The summed E-state index contributed by atoms with van der Waals surface area (Å²) in [6.07, 6.45) is 6.82. The largest absolute Gasteiger partial charge is 0.350 e. The molecular formula is C17H24N2O3S. The molecule has 0 aromatic heterocycles. The van der Waals surface area contributed by atoms with Crippen molar-refractivity contribution in [1.82, 2.24) is 9.62 Å². The monoisotopic (exact) mass is 336 g/mol. The third kappa shape index (κ3) is 4.42. The highest BCUT2D eigenvalue weighted by atomic mass is 32.2. The second-order valence-electron chi connectivity index (χ2n) is 6.12. The lowest BCUT2D eigenvalue weighted by Gasteiger charge is -2.17. The van der Waals surface area contributed by atoms with E-state index in [1.165, 1.54) is 18.4 Å². The van der Waals surface area contributed by atoms with Crippen LogP contribution >= 0.6 is 0 Å². The van der Waals surface area contributed by atoms with Gasteiger partial charge in [-0.3, -0.25) is 4.79 Å². The van der Waals surface area contributed by atoms with Crippen LogP contribution in [0.25, 0.3) is 0 Å². The van der Waals surface area contributed by atoms with Crippen LogP contribution in [0.5, 0.6) is 0 Å². The molecule has 0 fully saturated rings. The number of carbonyl (C=O) groups is 1. The van der Waals surface area contributed by atoms with Crippen molar-refractivity contribution < 1.29 is 13.2 Å². The smallest absolute Gasteiger partial charge is 0.242 e. The molecule has 1 amide bonds. The molecule has 0 bridgehead atoms. The lowest BCUT2D eigenvalue weighted by Crippen LogP contribution is -2.28. The van der Waals surface area contributed by atoms with Crippen LogP contribution in [0.2, 0.25) is 0 Å². The maximum atomic E-state index is 12.1. The first-order chi connectivity index (χ1) is 10.8. The molecule has 2 atom stereocenters. The van der Waals surface area contributed by atoms with Crippen molar-refractivity contribution in [2.45, 2.75) is 37.1 Å². The molecule has 23 heavy (non-hydrogen) atoms. The van der Waals surface area contributed by atoms with Crippen molar-refractivity contribution >= 4 is 15.9 Å². The highest BCUT2D eigenvalue weighted by molar-refractivity contribution is 7.89. The Kier molecular flexibility index (Phi) is 5.59. The van der Waals surface area contributed by atoms with E-state index in [0.717, 1.165) is 18.4 Å². The molecule has 1 aliphatic rings. The summed E-state index contributed by atoms with van der Waals surface area (Å²) in [5.74, 6) is 0.369. The SMILES string of the molecule is C[C@@H](NC(=O)C[C@@H]1C=CCC1)c1ccc(S(=O)(=O)N(C)C)cc1. The predicted molar refractivity (Wildman–Crippen MR) is 90.4 cm³/mol. The molecule has 2 rings (SSSR count). The van der Waals surface area contributed by atoms with E-state index in [-0.39, 0.29) is 16.8 Å². The first-order valence-corrected chi connectivity index (χ1v) is 9.23. The number of nitrogens with zero attached hydrogens (tertiary/aromatic N) is 1. The summed E-state index contributed by atoms with van der Waals surface area (Å²) in [7, 11) is -0.413. The fraction of sp³-hybridized carbons (Fsp3) is 0.471. The molecule has 0 heterocycles. The lowest BCUT2D eigenvalue weighted by atomic mass is 10.0. The highest BCUT2D eigenvalue weighted by Crippen LogP contribution is 2.22. The minimum Gasteiger partial charge on any atom is -0.350 e. The standard InChI is InChI=1S/C17H24N2O3S/c1-13(18-17(20)12-14-6-4-5-7-14)15-8-10-16(11-9-15)23(21,22)19(2)3/h4,6,8-11,13-14H,5,7,12H2,1-3H3,(H,18,20)/t13-,14-/m1/s1. The van der Waals surface area contributed by atoms with E-state index in [9.17, 15) is 13.2 Å². The molecule has 0 aliphatic heterocycles. The van der Waals surface area contributed by atoms with Crippen LogP contribution in [0, 0.1) is 5.92 Å². The van der Waals surface area contributed by atoms with Gasteiger partial charge in [-0.15, -0.1) is 0 Å². The van der Waals surface area contributed by atoms with Gasteiger partial charge in [-0.25, -0.2) is 12.7 Å². The van der Waals surface area contributed by atoms with Gasteiger partial charge in [0.2, 0.25) is 15.9 Å². The summed E-state index contributed by atoms with van der Waals surface area (Å²) < 4.78 is 25.3. The van der Waals surface area contributed by atoms with Crippen LogP contribution in [-0.4, -0.2) is 32.7 Å². The number of amides is 1. The normalized spacial score (nSPS) is 19.0. The zero-order chi connectivity index (χ0) is 17.0. The van der Waals surface area contributed by atoms with Gasteiger partial charge in [0.05, 0.1) is 10.9 Å². The molecule has 0 spiro atoms. The topological polar surface area (TPSA) is 66.5 Å². The Labute approximate surface area is 138 Å². The summed E-state index contributed by atoms with van der Waals surface area (Å²) >= 11 is 0. The first-order valence-electron chi connectivity index (χ1n) is 7.79. The van der Waals surface area contributed by atoms with E-state index in [1.54, 1.807) is 24.3 Å². The van der Waals surface area contributed by atoms with Gasteiger partial charge in [0, 0.05) is 20.5 Å². The summed E-state index contributed by atoms with van der Waals surface area (Å²) in [6, 6.07) is 6.50. The summed E-state index contributed by atoms with van der Waals surface area (Å²) in [5.41, 5.74) is 0.887. The van der Waals surface area contributed by atoms with Crippen molar-refractivity contribution in [2.24, 2.45) is 5.92 Å². The van der Waals surface area contributed by atoms with E-state index in [0.29, 0.717) is 12.3 Å². The van der Waals surface area contributed by atoms with Gasteiger partial charge in [0.25, 0.3) is 0 Å². The van der Waals surface area contributed by atoms with Crippen LogP contribution in [0.3, 0.4) is 0 Å². The summed E-state index contributed by atoms with van der Waals surface area (Å²) in [6.45, 7) is 1.90. The number of rotatable bonds is 6. The Morgan fingerprint density at radius 1 is 1.30 bits per heavy atom. The fourth-order valence-corrected chi connectivity index (χ4v) is 3.53. The Bertz CT molecular complexity index is 678. The minimum atomic E-state index is -3.42. The van der Waals surface area contributed by atoms with Gasteiger partial charge in [-0.1, -0.05) is 24.3 Å². The highest BCUT2D eigenvalue weighted by Gasteiger charge is 2.19. The molecule has 0 radical (unpaired) electrons. The minimum absolute atomic E-state index is 0.0269. The fourth-order valence-electron chi connectivity index (χ4n) is 2.63. The molecule has 6 heteroatoms. The summed E-state index contributed by atoms with van der Waals surface area (Å²) in [5, 5.41) is 2.97. The molecule has 1 N–H and O–H groups in total. The molecule has 1 aromatic rings. The van der Waals surface area contributed by atoms with E-state index in [1.807, 2.05) is 6.92 Å². The molecular weight excluding hydrogens is 312 g/mol. The van der Waals surface area contributed by atoms with E-state index < -0.39 is 10.0 Å². The lowest BCUT2D eigenvalue weighted by molar-refractivity contribution is -0.122. The molecule has 5 nitrogen and oxygen atoms in total. The van der Waals surface area contributed by atoms with Gasteiger partial charge >= 0.3 is 0 Å². The van der Waals surface area contributed by atoms with Crippen molar-refractivity contribution in [3.63, 3.8) is 0 Å². The number of carbonyl (C=O) groups excluding carboxylic acids is 1. The van der Waals surface area contributed by atoms with E-state index >= 15 is 0 Å². The van der Waals surface area contributed by atoms with Crippen molar-refractivity contribution in [1.29, 1.82) is 0 Å². The molecule has 0 unspecified atom stereocenters.